The topological polar surface area (TPSA) is 94.6 Å². The summed E-state index contributed by atoms with van der Waals surface area (Å²) in [6, 6.07) is 7.68. The van der Waals surface area contributed by atoms with E-state index in [2.05, 4.69) is 20.1 Å². The highest BCUT2D eigenvalue weighted by atomic mass is 16.5. The number of hydrogen-bond acceptors (Lipinski definition) is 5. The second kappa shape index (κ2) is 5.94. The number of rotatable bonds is 4. The third-order valence-corrected chi connectivity index (χ3v) is 4.15. The molecule has 0 atom stereocenters. The van der Waals surface area contributed by atoms with Crippen LogP contribution in [0.5, 0.6) is 5.75 Å². The van der Waals surface area contributed by atoms with Crippen LogP contribution in [-0.2, 0) is 6.54 Å². The Morgan fingerprint density at radius 3 is 2.84 bits per heavy atom. The number of methoxy groups -OCH3 is 1. The molecule has 0 bridgehead atoms. The number of aromatic nitrogens is 5. The molecule has 0 unspecified atom stereocenters. The first-order chi connectivity index (χ1) is 12.2. The highest BCUT2D eigenvalue weighted by molar-refractivity contribution is 5.84. The van der Waals surface area contributed by atoms with E-state index in [1.807, 2.05) is 48.3 Å². The van der Waals surface area contributed by atoms with Crippen LogP contribution in [0.4, 0.5) is 5.82 Å². The van der Waals surface area contributed by atoms with Crippen LogP contribution in [0, 0.1) is 0 Å². The van der Waals surface area contributed by atoms with Gasteiger partial charge in [0.2, 0.25) is 0 Å². The van der Waals surface area contributed by atoms with Crippen LogP contribution < -0.4 is 10.5 Å². The lowest BCUT2D eigenvalue weighted by atomic mass is 10.1. The number of anilines is 1. The molecule has 0 spiro atoms. The molecule has 25 heavy (non-hydrogen) atoms. The highest BCUT2D eigenvalue weighted by Crippen LogP contribution is 2.30. The number of nitrogens with two attached hydrogens (primary N) is 1. The van der Waals surface area contributed by atoms with E-state index in [0.717, 1.165) is 40.0 Å². The zero-order valence-electron chi connectivity index (χ0n) is 14.0. The molecule has 0 fully saturated rings. The minimum Gasteiger partial charge on any atom is -0.497 e. The van der Waals surface area contributed by atoms with Gasteiger partial charge in [-0.05, 0) is 25.1 Å². The normalized spacial score (nSPS) is 11.1. The standard InChI is InChI=1S/C18H18N6O/c1-3-24-10-12(9-21-24)11-6-14(17(19)20-8-11)18-22-15-5-4-13(25-2)7-16(15)23-18/h4-10H,3H2,1-2H3,(H2,19,20)(H,22,23). The number of nitrogen functional groups attached to an aromatic ring is 1. The summed E-state index contributed by atoms with van der Waals surface area (Å²) >= 11 is 0. The smallest absolute Gasteiger partial charge is 0.142 e. The number of hydrogen-bond donors (Lipinski definition) is 2. The fourth-order valence-corrected chi connectivity index (χ4v) is 2.75. The Morgan fingerprint density at radius 1 is 1.20 bits per heavy atom. The van der Waals surface area contributed by atoms with Gasteiger partial charge < -0.3 is 15.5 Å². The fourth-order valence-electron chi connectivity index (χ4n) is 2.75. The summed E-state index contributed by atoms with van der Waals surface area (Å²) < 4.78 is 7.13. The molecule has 0 saturated heterocycles. The van der Waals surface area contributed by atoms with Crippen molar-refractivity contribution in [3.63, 3.8) is 0 Å². The van der Waals surface area contributed by atoms with Gasteiger partial charge in [-0.25, -0.2) is 9.97 Å². The van der Waals surface area contributed by atoms with Crippen LogP contribution in [0.15, 0.2) is 42.9 Å². The molecule has 4 aromatic rings. The average molecular weight is 334 g/mol. The first kappa shape index (κ1) is 15.2. The molecule has 3 aromatic heterocycles. The second-order valence-corrected chi connectivity index (χ2v) is 5.71. The van der Waals surface area contributed by atoms with Crippen molar-refractivity contribution in [2.24, 2.45) is 0 Å². The Hall–Kier alpha value is -3.35. The lowest BCUT2D eigenvalue weighted by molar-refractivity contribution is 0.415. The van der Waals surface area contributed by atoms with Gasteiger partial charge in [0.05, 0.1) is 29.9 Å². The van der Waals surface area contributed by atoms with Crippen molar-refractivity contribution < 1.29 is 4.74 Å². The van der Waals surface area contributed by atoms with Crippen molar-refractivity contribution >= 4 is 16.9 Å². The third-order valence-electron chi connectivity index (χ3n) is 4.15. The molecule has 0 aliphatic carbocycles. The Morgan fingerprint density at radius 2 is 2.08 bits per heavy atom. The molecule has 126 valence electrons. The molecule has 7 heteroatoms. The zero-order chi connectivity index (χ0) is 17.4. The molecular formula is C18H18N6O. The molecule has 4 rings (SSSR count). The molecule has 0 amide bonds. The quantitative estimate of drug-likeness (QED) is 0.598. The number of H-pyrrole nitrogens is 1. The van der Waals surface area contributed by atoms with E-state index in [0.29, 0.717) is 11.6 Å². The first-order valence-corrected chi connectivity index (χ1v) is 8.00. The Kier molecular flexibility index (Phi) is 3.61. The van der Waals surface area contributed by atoms with E-state index in [1.165, 1.54) is 0 Å². The first-order valence-electron chi connectivity index (χ1n) is 8.00. The van der Waals surface area contributed by atoms with Crippen molar-refractivity contribution in [1.82, 2.24) is 24.7 Å². The fraction of sp³-hybridized carbons (Fsp3) is 0.167. The summed E-state index contributed by atoms with van der Waals surface area (Å²) in [5.74, 6) is 1.88. The van der Waals surface area contributed by atoms with E-state index in [-0.39, 0.29) is 0 Å². The van der Waals surface area contributed by atoms with Gasteiger partial charge in [-0.15, -0.1) is 0 Å². The number of nitrogens with one attached hydrogen (secondary N) is 1. The molecule has 3 heterocycles. The third kappa shape index (κ3) is 2.69. The molecule has 1 aromatic carbocycles. The maximum Gasteiger partial charge on any atom is 0.142 e. The van der Waals surface area contributed by atoms with E-state index in [9.17, 15) is 0 Å². The maximum absolute atomic E-state index is 6.09. The zero-order valence-corrected chi connectivity index (χ0v) is 14.0. The van der Waals surface area contributed by atoms with Crippen molar-refractivity contribution in [2.45, 2.75) is 13.5 Å². The van der Waals surface area contributed by atoms with Crippen molar-refractivity contribution in [3.05, 3.63) is 42.9 Å². The molecule has 0 aliphatic rings. The van der Waals surface area contributed by atoms with Crippen LogP contribution in [0.3, 0.4) is 0 Å². The molecule has 0 radical (unpaired) electrons. The molecule has 7 nitrogen and oxygen atoms in total. The highest BCUT2D eigenvalue weighted by Gasteiger charge is 2.12. The van der Waals surface area contributed by atoms with Gasteiger partial charge >= 0.3 is 0 Å². The Labute approximate surface area is 144 Å². The number of aryl methyl sites for hydroxylation is 1. The van der Waals surface area contributed by atoms with Gasteiger partial charge in [-0.3, -0.25) is 4.68 Å². The van der Waals surface area contributed by atoms with Gasteiger partial charge in [0.25, 0.3) is 0 Å². The van der Waals surface area contributed by atoms with Crippen molar-refractivity contribution in [1.29, 1.82) is 0 Å². The number of fused-ring (bicyclic) bond motifs is 1. The summed E-state index contributed by atoms with van der Waals surface area (Å²) in [7, 11) is 1.64. The van der Waals surface area contributed by atoms with Gasteiger partial charge in [-0.1, -0.05) is 0 Å². The van der Waals surface area contributed by atoms with Crippen LogP contribution in [0.1, 0.15) is 6.92 Å². The molecule has 0 saturated carbocycles. The van der Waals surface area contributed by atoms with E-state index < -0.39 is 0 Å². The maximum atomic E-state index is 6.09. The van der Waals surface area contributed by atoms with Crippen molar-refractivity contribution in [2.75, 3.05) is 12.8 Å². The van der Waals surface area contributed by atoms with Crippen LogP contribution in [0.2, 0.25) is 0 Å². The average Bonchev–Trinajstić information content (AvgIpc) is 3.28. The molecular weight excluding hydrogens is 316 g/mol. The summed E-state index contributed by atoms with van der Waals surface area (Å²) in [6.45, 7) is 2.87. The predicted octanol–water partition coefficient (Wildman–Crippen LogP) is 3.10. The second-order valence-electron chi connectivity index (χ2n) is 5.71. The molecule has 3 N–H and O–H groups in total. The van der Waals surface area contributed by atoms with E-state index >= 15 is 0 Å². The van der Waals surface area contributed by atoms with E-state index in [4.69, 9.17) is 10.5 Å². The number of aromatic amines is 1. The SMILES string of the molecule is CCn1cc(-c2cnc(N)c(-c3nc4ccc(OC)cc4[nH]3)c2)cn1. The minimum atomic E-state index is 0.428. The van der Waals surface area contributed by atoms with Gasteiger partial charge in [-0.2, -0.15) is 5.10 Å². The number of nitrogens with zero attached hydrogens (tertiary/aromatic N) is 4. The monoisotopic (exact) mass is 334 g/mol. The lowest BCUT2D eigenvalue weighted by Gasteiger charge is -2.04. The summed E-state index contributed by atoms with van der Waals surface area (Å²) in [4.78, 5) is 12.2. The van der Waals surface area contributed by atoms with Crippen LogP contribution in [-0.4, -0.2) is 31.8 Å². The summed E-state index contributed by atoms with van der Waals surface area (Å²) in [5, 5.41) is 4.31. The molecule has 0 aliphatic heterocycles. The largest absolute Gasteiger partial charge is 0.497 e. The lowest BCUT2D eigenvalue weighted by Crippen LogP contribution is -1.96. The van der Waals surface area contributed by atoms with Gasteiger partial charge in [0.1, 0.15) is 17.4 Å². The van der Waals surface area contributed by atoms with Crippen LogP contribution >= 0.6 is 0 Å². The van der Waals surface area contributed by atoms with Gasteiger partial charge in [0, 0.05) is 36.1 Å². The van der Waals surface area contributed by atoms with Crippen molar-refractivity contribution in [3.8, 4) is 28.3 Å². The Balaban J connectivity index is 1.80. The predicted molar refractivity (Wildman–Crippen MR) is 97.2 cm³/mol. The Bertz CT molecular complexity index is 1050. The van der Waals surface area contributed by atoms with E-state index in [1.54, 1.807) is 13.3 Å². The summed E-state index contributed by atoms with van der Waals surface area (Å²) in [5.41, 5.74) is 10.5. The van der Waals surface area contributed by atoms with Crippen LogP contribution in [0.25, 0.3) is 33.5 Å². The van der Waals surface area contributed by atoms with Gasteiger partial charge in [0.15, 0.2) is 0 Å². The number of imidazole rings is 1. The number of pyridine rings is 1. The number of ether oxygens (including phenoxy) is 1. The minimum absolute atomic E-state index is 0.428. The number of benzene rings is 1. The summed E-state index contributed by atoms with van der Waals surface area (Å²) in [6.07, 6.45) is 5.56.